The van der Waals surface area contributed by atoms with Crippen LogP contribution in [0, 0.1) is 0 Å². The third-order valence-corrected chi connectivity index (χ3v) is 4.14. The van der Waals surface area contributed by atoms with Crippen LogP contribution in [0.25, 0.3) is 22.6 Å². The molecule has 0 fully saturated rings. The molecule has 0 bridgehead atoms. The highest BCUT2D eigenvalue weighted by Crippen LogP contribution is 2.34. The van der Waals surface area contributed by atoms with E-state index in [9.17, 15) is 9.59 Å². The van der Waals surface area contributed by atoms with E-state index in [0.29, 0.717) is 16.8 Å². The summed E-state index contributed by atoms with van der Waals surface area (Å²) in [6, 6.07) is 13.0. The molecule has 0 saturated carbocycles. The molecule has 0 radical (unpaired) electrons. The molecule has 4 rings (SSSR count). The van der Waals surface area contributed by atoms with Gasteiger partial charge in [-0.05, 0) is 35.2 Å². The number of carbonyl (C=O) groups is 2. The molecule has 5 heteroatoms. The number of aromatic amines is 1. The summed E-state index contributed by atoms with van der Waals surface area (Å²) in [5, 5.41) is 3.89. The van der Waals surface area contributed by atoms with Crippen LogP contribution >= 0.6 is 0 Å². The van der Waals surface area contributed by atoms with Crippen molar-refractivity contribution >= 4 is 40.1 Å². The van der Waals surface area contributed by atoms with Crippen LogP contribution in [0.1, 0.15) is 21.5 Å². The van der Waals surface area contributed by atoms with Crippen LogP contribution in [0.5, 0.6) is 0 Å². The Morgan fingerprint density at radius 3 is 2.88 bits per heavy atom. The van der Waals surface area contributed by atoms with Gasteiger partial charge in [-0.25, -0.2) is 4.79 Å². The molecule has 5 nitrogen and oxygen atoms in total. The van der Waals surface area contributed by atoms with Gasteiger partial charge in [-0.15, -0.1) is 0 Å². The lowest BCUT2D eigenvalue weighted by Gasteiger charge is -2.03. The summed E-state index contributed by atoms with van der Waals surface area (Å²) >= 11 is 0. The first-order valence-corrected chi connectivity index (χ1v) is 7.49. The molecule has 0 aliphatic carbocycles. The van der Waals surface area contributed by atoms with Gasteiger partial charge in [0.2, 0.25) is 0 Å². The van der Waals surface area contributed by atoms with Crippen LogP contribution < -0.4 is 5.32 Å². The minimum Gasteiger partial charge on any atom is -0.465 e. The van der Waals surface area contributed by atoms with Crippen LogP contribution in [-0.2, 0) is 9.53 Å². The van der Waals surface area contributed by atoms with E-state index >= 15 is 0 Å². The Morgan fingerprint density at radius 1 is 1.17 bits per heavy atom. The highest BCUT2D eigenvalue weighted by atomic mass is 16.5. The Kier molecular flexibility index (Phi) is 3.20. The Bertz CT molecular complexity index is 1010. The van der Waals surface area contributed by atoms with Gasteiger partial charge in [-0.1, -0.05) is 24.3 Å². The van der Waals surface area contributed by atoms with E-state index in [2.05, 4.69) is 10.3 Å². The van der Waals surface area contributed by atoms with Crippen LogP contribution in [0.3, 0.4) is 0 Å². The first kappa shape index (κ1) is 14.3. The number of nitrogens with one attached hydrogen (secondary N) is 2. The van der Waals surface area contributed by atoms with Crippen LogP contribution in [-0.4, -0.2) is 24.0 Å². The summed E-state index contributed by atoms with van der Waals surface area (Å²) in [5.74, 6) is -0.615. The number of hydrogen-bond acceptors (Lipinski definition) is 3. The van der Waals surface area contributed by atoms with Crippen LogP contribution in [0.4, 0.5) is 5.69 Å². The van der Waals surface area contributed by atoms with Crippen molar-refractivity contribution in [3.05, 3.63) is 65.4 Å². The average Bonchev–Trinajstić information content (AvgIpc) is 3.19. The number of methoxy groups -OCH3 is 1. The van der Waals surface area contributed by atoms with Crippen molar-refractivity contribution in [3.8, 4) is 0 Å². The SMILES string of the molecule is COC(=O)c1ccc2c(c1)NC(=O)/C2=C/c1cccc2cc[nH]c12. The zero-order chi connectivity index (χ0) is 16.7. The molecular formula is C19H14N2O3. The fourth-order valence-electron chi connectivity index (χ4n) is 2.97. The smallest absolute Gasteiger partial charge is 0.337 e. The summed E-state index contributed by atoms with van der Waals surface area (Å²) in [5.41, 5.74) is 4.29. The molecule has 2 aromatic carbocycles. The lowest BCUT2D eigenvalue weighted by atomic mass is 10.0. The number of rotatable bonds is 2. The van der Waals surface area contributed by atoms with Gasteiger partial charge in [0, 0.05) is 23.0 Å². The minimum atomic E-state index is -0.430. The maximum absolute atomic E-state index is 12.4. The zero-order valence-corrected chi connectivity index (χ0v) is 12.9. The summed E-state index contributed by atoms with van der Waals surface area (Å²) < 4.78 is 4.71. The lowest BCUT2D eigenvalue weighted by molar-refractivity contribution is -0.110. The summed E-state index contributed by atoms with van der Waals surface area (Å²) in [4.78, 5) is 27.2. The Hall–Kier alpha value is -3.34. The molecule has 2 N–H and O–H groups in total. The van der Waals surface area contributed by atoms with E-state index in [-0.39, 0.29) is 5.91 Å². The molecule has 0 saturated heterocycles. The Labute approximate surface area is 137 Å². The molecule has 1 aliphatic heterocycles. The van der Waals surface area contributed by atoms with Crippen molar-refractivity contribution in [2.45, 2.75) is 0 Å². The molecule has 0 unspecified atom stereocenters. The fourth-order valence-corrected chi connectivity index (χ4v) is 2.97. The van der Waals surface area contributed by atoms with Gasteiger partial charge in [0.15, 0.2) is 0 Å². The zero-order valence-electron chi connectivity index (χ0n) is 12.9. The molecule has 118 valence electrons. The van der Waals surface area contributed by atoms with Gasteiger partial charge in [0.1, 0.15) is 0 Å². The molecule has 0 spiro atoms. The topological polar surface area (TPSA) is 71.2 Å². The molecule has 3 aromatic rings. The van der Waals surface area contributed by atoms with Gasteiger partial charge < -0.3 is 15.0 Å². The predicted molar refractivity (Wildman–Crippen MR) is 92.6 cm³/mol. The molecule has 0 atom stereocenters. The number of esters is 1. The summed E-state index contributed by atoms with van der Waals surface area (Å²) in [6.45, 7) is 0. The van der Waals surface area contributed by atoms with E-state index in [1.54, 1.807) is 18.2 Å². The number of carbonyl (C=O) groups excluding carboxylic acids is 2. The normalized spacial score (nSPS) is 14.7. The van der Waals surface area contributed by atoms with E-state index in [1.165, 1.54) is 7.11 Å². The quantitative estimate of drug-likeness (QED) is 0.561. The molecule has 1 aromatic heterocycles. The molecule has 1 aliphatic rings. The van der Waals surface area contributed by atoms with Gasteiger partial charge in [0.25, 0.3) is 5.91 Å². The van der Waals surface area contributed by atoms with Crippen molar-refractivity contribution < 1.29 is 14.3 Å². The van der Waals surface area contributed by atoms with Crippen molar-refractivity contribution in [3.63, 3.8) is 0 Å². The highest BCUT2D eigenvalue weighted by Gasteiger charge is 2.25. The number of ether oxygens (including phenoxy) is 1. The number of benzene rings is 2. The number of para-hydroxylation sites is 1. The van der Waals surface area contributed by atoms with Crippen molar-refractivity contribution in [2.75, 3.05) is 12.4 Å². The van der Waals surface area contributed by atoms with Crippen LogP contribution in [0.15, 0.2) is 48.7 Å². The van der Waals surface area contributed by atoms with Gasteiger partial charge in [-0.2, -0.15) is 0 Å². The highest BCUT2D eigenvalue weighted by molar-refractivity contribution is 6.35. The average molecular weight is 318 g/mol. The van der Waals surface area contributed by atoms with Crippen LogP contribution in [0.2, 0.25) is 0 Å². The minimum absolute atomic E-state index is 0.185. The van der Waals surface area contributed by atoms with E-state index < -0.39 is 5.97 Å². The number of hydrogen-bond donors (Lipinski definition) is 2. The second-order valence-corrected chi connectivity index (χ2v) is 5.55. The fraction of sp³-hybridized carbons (Fsp3) is 0.0526. The second kappa shape index (κ2) is 5.38. The predicted octanol–water partition coefficient (Wildman–Crippen LogP) is 3.45. The molecule has 2 heterocycles. The number of anilines is 1. The first-order chi connectivity index (χ1) is 11.7. The Morgan fingerprint density at radius 2 is 2.04 bits per heavy atom. The third kappa shape index (κ3) is 2.18. The van der Waals surface area contributed by atoms with E-state index in [4.69, 9.17) is 4.74 Å². The maximum atomic E-state index is 12.4. The van der Waals surface area contributed by atoms with Gasteiger partial charge >= 0.3 is 5.97 Å². The molecular weight excluding hydrogens is 304 g/mol. The number of aromatic nitrogens is 1. The monoisotopic (exact) mass is 318 g/mol. The van der Waals surface area contributed by atoms with Crippen molar-refractivity contribution in [1.29, 1.82) is 0 Å². The summed E-state index contributed by atoms with van der Waals surface area (Å²) in [6.07, 6.45) is 3.73. The second-order valence-electron chi connectivity index (χ2n) is 5.55. The standard InChI is InChI=1S/C19H14N2O3/c1-24-19(23)13-5-6-14-15(18(22)21-16(14)10-13)9-12-4-2-3-11-7-8-20-17(11)12/h2-10,20H,1H3,(H,21,22)/b15-9+. The molecule has 1 amide bonds. The summed E-state index contributed by atoms with van der Waals surface area (Å²) in [7, 11) is 1.33. The number of amides is 1. The largest absolute Gasteiger partial charge is 0.465 e. The Balaban J connectivity index is 1.82. The number of fused-ring (bicyclic) bond motifs is 2. The van der Waals surface area contributed by atoms with E-state index in [0.717, 1.165) is 22.0 Å². The first-order valence-electron chi connectivity index (χ1n) is 7.49. The van der Waals surface area contributed by atoms with Gasteiger partial charge in [-0.3, -0.25) is 4.79 Å². The lowest BCUT2D eigenvalue weighted by Crippen LogP contribution is -2.04. The molecule has 24 heavy (non-hydrogen) atoms. The van der Waals surface area contributed by atoms with Gasteiger partial charge in [0.05, 0.1) is 18.2 Å². The van der Waals surface area contributed by atoms with E-state index in [1.807, 2.05) is 36.5 Å². The number of H-pyrrole nitrogens is 1. The maximum Gasteiger partial charge on any atom is 0.337 e. The third-order valence-electron chi connectivity index (χ3n) is 4.14. The van der Waals surface area contributed by atoms with Crippen molar-refractivity contribution in [2.24, 2.45) is 0 Å². The van der Waals surface area contributed by atoms with Crippen molar-refractivity contribution in [1.82, 2.24) is 4.98 Å².